The minimum Gasteiger partial charge on any atom is -0.462 e. The molecule has 17 nitrogen and oxygen atoms in total. The summed E-state index contributed by atoms with van der Waals surface area (Å²) < 4.78 is 68.7. The molecule has 0 aromatic carbocycles. The van der Waals surface area contributed by atoms with E-state index >= 15 is 0 Å². The highest BCUT2D eigenvalue weighted by Gasteiger charge is 2.30. The van der Waals surface area contributed by atoms with E-state index in [4.69, 9.17) is 37.0 Å². The Labute approximate surface area is 618 Å². The number of phosphoric ester groups is 2. The van der Waals surface area contributed by atoms with Crippen molar-refractivity contribution in [3.8, 4) is 0 Å². The van der Waals surface area contributed by atoms with Gasteiger partial charge in [0.15, 0.2) is 12.2 Å². The lowest BCUT2D eigenvalue weighted by Gasteiger charge is -2.21. The predicted octanol–water partition coefficient (Wildman–Crippen LogP) is 24.2. The Morgan fingerprint density at radius 3 is 0.812 bits per heavy atom. The average molecular weight is 1480 g/mol. The Bertz CT molecular complexity index is 2040. The molecular weight excluding hydrogens is 1320 g/mol. The maximum absolute atomic E-state index is 13.1. The van der Waals surface area contributed by atoms with Crippen LogP contribution in [-0.4, -0.2) is 96.7 Å². The molecular formula is C82H156O17P2. The zero-order valence-corrected chi connectivity index (χ0v) is 67.5. The van der Waals surface area contributed by atoms with E-state index in [0.717, 1.165) is 115 Å². The number of aliphatic hydroxyl groups excluding tert-OH is 1. The van der Waals surface area contributed by atoms with Gasteiger partial charge in [-0.15, -0.1) is 0 Å². The summed E-state index contributed by atoms with van der Waals surface area (Å²) in [6.45, 7) is 9.58. The first-order valence-corrected chi connectivity index (χ1v) is 44.8. The summed E-state index contributed by atoms with van der Waals surface area (Å²) in [5.41, 5.74) is 0. The van der Waals surface area contributed by atoms with Crippen molar-refractivity contribution in [2.45, 2.75) is 426 Å². The van der Waals surface area contributed by atoms with E-state index < -0.39 is 97.5 Å². The number of hydrogen-bond acceptors (Lipinski definition) is 15. The van der Waals surface area contributed by atoms with Crippen LogP contribution < -0.4 is 0 Å². The van der Waals surface area contributed by atoms with Crippen LogP contribution >= 0.6 is 15.6 Å². The largest absolute Gasteiger partial charge is 0.472 e. The van der Waals surface area contributed by atoms with E-state index in [-0.39, 0.29) is 25.7 Å². The predicted molar refractivity (Wildman–Crippen MR) is 414 cm³/mol. The summed E-state index contributed by atoms with van der Waals surface area (Å²) in [6.07, 6.45) is 65.9. The maximum atomic E-state index is 13.1. The van der Waals surface area contributed by atoms with Gasteiger partial charge in [0.1, 0.15) is 19.3 Å². The molecule has 0 amide bonds. The number of esters is 4. The van der Waals surface area contributed by atoms with Crippen molar-refractivity contribution < 1.29 is 80.2 Å². The highest BCUT2D eigenvalue weighted by molar-refractivity contribution is 7.47. The second-order valence-electron chi connectivity index (χ2n) is 29.8. The van der Waals surface area contributed by atoms with E-state index in [1.54, 1.807) is 0 Å². The van der Waals surface area contributed by atoms with Crippen LogP contribution in [-0.2, 0) is 65.4 Å². The average Bonchev–Trinajstić information content (AvgIpc) is 0.960. The summed E-state index contributed by atoms with van der Waals surface area (Å²) in [5, 5.41) is 10.6. The smallest absolute Gasteiger partial charge is 0.462 e. The lowest BCUT2D eigenvalue weighted by Crippen LogP contribution is -2.30. The number of aliphatic hydroxyl groups is 1. The van der Waals surface area contributed by atoms with Crippen LogP contribution in [0.2, 0.25) is 0 Å². The van der Waals surface area contributed by atoms with Gasteiger partial charge in [0.2, 0.25) is 0 Å². The number of ether oxygens (including phenoxy) is 4. The van der Waals surface area contributed by atoms with E-state index in [2.05, 4.69) is 65.8 Å². The van der Waals surface area contributed by atoms with Crippen molar-refractivity contribution in [1.29, 1.82) is 0 Å². The highest BCUT2D eigenvalue weighted by atomic mass is 31.2. The number of hydrogen-bond donors (Lipinski definition) is 3. The van der Waals surface area contributed by atoms with Crippen LogP contribution in [0.1, 0.15) is 408 Å². The summed E-state index contributed by atoms with van der Waals surface area (Å²) >= 11 is 0. The third-order valence-corrected chi connectivity index (χ3v) is 20.5. The van der Waals surface area contributed by atoms with Gasteiger partial charge in [0, 0.05) is 25.7 Å². The zero-order valence-electron chi connectivity index (χ0n) is 65.7. The molecule has 19 heteroatoms. The van der Waals surface area contributed by atoms with Crippen LogP contribution in [0, 0.1) is 11.8 Å². The molecule has 3 N–H and O–H groups in total. The Morgan fingerprint density at radius 1 is 0.307 bits per heavy atom. The molecule has 0 bridgehead atoms. The Morgan fingerprint density at radius 2 is 0.535 bits per heavy atom. The van der Waals surface area contributed by atoms with Crippen LogP contribution in [0.3, 0.4) is 0 Å². The van der Waals surface area contributed by atoms with Gasteiger partial charge in [0.05, 0.1) is 26.4 Å². The SMILES string of the molecule is CCCCCC/C=C\C=C/CCCCCCCC(=O)O[C@H](COC(=O)CCCCCCCCCCCC(C)C)COP(=O)(O)OC[C@H](O)COP(=O)(O)OC[C@@H](COC(=O)CCCCCCCCCCCCCCCCCC)OC(=O)CCCCCCCCCCCCCCCCCC(C)C. The molecule has 101 heavy (non-hydrogen) atoms. The number of carbonyl (C=O) groups is 4. The number of carbonyl (C=O) groups excluding carboxylic acids is 4. The number of rotatable bonds is 79. The fourth-order valence-corrected chi connectivity index (χ4v) is 13.8. The Hall–Kier alpha value is -2.46. The molecule has 0 heterocycles. The first-order chi connectivity index (χ1) is 48.9. The van der Waals surface area contributed by atoms with Crippen molar-refractivity contribution >= 4 is 39.5 Å². The fraction of sp³-hybridized carbons (Fsp3) is 0.902. The van der Waals surface area contributed by atoms with Crippen molar-refractivity contribution in [3.05, 3.63) is 24.3 Å². The van der Waals surface area contributed by atoms with Crippen molar-refractivity contribution in [2.75, 3.05) is 39.6 Å². The molecule has 0 rings (SSSR count). The third kappa shape index (κ3) is 75.6. The molecule has 0 aromatic heterocycles. The van der Waals surface area contributed by atoms with Gasteiger partial charge < -0.3 is 33.8 Å². The quantitative estimate of drug-likeness (QED) is 0.0169. The van der Waals surface area contributed by atoms with Gasteiger partial charge in [-0.2, -0.15) is 0 Å². The Balaban J connectivity index is 5.30. The van der Waals surface area contributed by atoms with Crippen LogP contribution in [0.25, 0.3) is 0 Å². The molecule has 0 radical (unpaired) electrons. The summed E-state index contributed by atoms with van der Waals surface area (Å²) in [4.78, 5) is 73.1. The van der Waals surface area contributed by atoms with Gasteiger partial charge in [-0.3, -0.25) is 37.3 Å². The lowest BCUT2D eigenvalue weighted by atomic mass is 10.0. The van der Waals surface area contributed by atoms with E-state index in [0.29, 0.717) is 25.7 Å². The molecule has 0 aromatic rings. The molecule has 0 aliphatic heterocycles. The molecule has 0 saturated heterocycles. The molecule has 5 atom stereocenters. The van der Waals surface area contributed by atoms with Crippen molar-refractivity contribution in [3.63, 3.8) is 0 Å². The maximum Gasteiger partial charge on any atom is 0.472 e. The van der Waals surface area contributed by atoms with Gasteiger partial charge in [-0.05, 0) is 63.2 Å². The van der Waals surface area contributed by atoms with E-state index in [9.17, 15) is 43.2 Å². The summed E-state index contributed by atoms with van der Waals surface area (Å²) in [7, 11) is -9.94. The molecule has 0 fully saturated rings. The minimum atomic E-state index is -4.97. The molecule has 2 unspecified atom stereocenters. The molecule has 0 aliphatic carbocycles. The molecule has 0 spiro atoms. The number of phosphoric acid groups is 2. The minimum absolute atomic E-state index is 0.0849. The fourth-order valence-electron chi connectivity index (χ4n) is 12.2. The molecule has 0 aliphatic rings. The van der Waals surface area contributed by atoms with Crippen molar-refractivity contribution in [1.82, 2.24) is 0 Å². The first kappa shape index (κ1) is 98.5. The van der Waals surface area contributed by atoms with Gasteiger partial charge in [-0.1, -0.05) is 355 Å². The van der Waals surface area contributed by atoms with Gasteiger partial charge >= 0.3 is 39.5 Å². The normalized spacial score (nSPS) is 14.0. The Kier molecular flexibility index (Phi) is 71.3. The van der Waals surface area contributed by atoms with E-state index in [1.165, 1.54) is 212 Å². The molecule has 596 valence electrons. The highest BCUT2D eigenvalue weighted by Crippen LogP contribution is 2.45. The van der Waals surface area contributed by atoms with Crippen LogP contribution in [0.4, 0.5) is 0 Å². The van der Waals surface area contributed by atoms with Crippen LogP contribution in [0.15, 0.2) is 24.3 Å². The van der Waals surface area contributed by atoms with Gasteiger partial charge in [0.25, 0.3) is 0 Å². The third-order valence-electron chi connectivity index (χ3n) is 18.6. The second-order valence-corrected chi connectivity index (χ2v) is 32.7. The van der Waals surface area contributed by atoms with Crippen LogP contribution in [0.5, 0.6) is 0 Å². The zero-order chi connectivity index (χ0) is 74.2. The second kappa shape index (κ2) is 73.1. The molecule has 0 saturated carbocycles. The standard InChI is InChI=1S/C82H156O17P2/c1-7-9-11-13-15-17-19-21-23-27-30-34-40-46-52-58-64-79(84)92-70-77(98-82(87)67-61-55-49-42-36-32-28-24-26-29-33-38-44-50-56-62-74(3)4)72-96-100(88,89)94-68-76(83)69-95-101(90,91)97-73-78(71-93-80(85)65-59-53-47-43-37-39-45-51-57-63-75(5)6)99-81(86)66-60-54-48-41-35-31-25-22-20-18-16-14-12-10-8-2/h18,20,22,25,74-78,83H,7-17,19,21,23-24,26-73H2,1-6H3,(H,88,89)(H,90,91)/b20-18-,25-22-/t76-,77-,78-/m1/s1. The number of allylic oxidation sites excluding steroid dienone is 4. The monoisotopic (exact) mass is 1480 g/mol. The topological polar surface area (TPSA) is 237 Å². The van der Waals surface area contributed by atoms with Gasteiger partial charge in [-0.25, -0.2) is 9.13 Å². The van der Waals surface area contributed by atoms with Crippen molar-refractivity contribution in [2.24, 2.45) is 11.8 Å². The summed E-state index contributed by atoms with van der Waals surface area (Å²) in [5.74, 6) is -0.595. The van der Waals surface area contributed by atoms with E-state index in [1.807, 2.05) is 0 Å². The summed E-state index contributed by atoms with van der Waals surface area (Å²) in [6, 6.07) is 0. The first-order valence-electron chi connectivity index (χ1n) is 41.8. The number of unbranched alkanes of at least 4 members (excludes halogenated alkanes) is 46. The lowest BCUT2D eigenvalue weighted by molar-refractivity contribution is -0.161.